The molecule has 0 bridgehead atoms. The molecule has 0 aromatic heterocycles. The summed E-state index contributed by atoms with van der Waals surface area (Å²) in [6.07, 6.45) is 4.31. The van der Waals surface area contributed by atoms with Crippen LogP contribution in [-0.2, 0) is 14.3 Å². The van der Waals surface area contributed by atoms with E-state index in [1.165, 1.54) is 0 Å². The van der Waals surface area contributed by atoms with E-state index in [2.05, 4.69) is 33.9 Å². The lowest BCUT2D eigenvalue weighted by atomic mass is 9.99. The van der Waals surface area contributed by atoms with Gasteiger partial charge >= 0.3 is 0 Å². The van der Waals surface area contributed by atoms with Crippen LogP contribution in [0, 0.1) is 0 Å². The van der Waals surface area contributed by atoms with E-state index in [4.69, 9.17) is 4.43 Å². The summed E-state index contributed by atoms with van der Waals surface area (Å²) in [5.41, 5.74) is 0. The molecule has 2 fully saturated rings. The van der Waals surface area contributed by atoms with Gasteiger partial charge in [0, 0.05) is 0 Å². The van der Waals surface area contributed by atoms with Gasteiger partial charge in [-0.15, -0.1) is 0 Å². The van der Waals surface area contributed by atoms with Crippen molar-refractivity contribution in [2.75, 3.05) is 5.75 Å². The van der Waals surface area contributed by atoms with Crippen molar-refractivity contribution >= 4 is 18.2 Å². The Hall–Kier alpha value is 0.127. The van der Waals surface area contributed by atoms with Gasteiger partial charge in [-0.05, 0) is 50.2 Å². The Morgan fingerprint density at radius 2 is 1.74 bits per heavy atom. The lowest BCUT2D eigenvalue weighted by Gasteiger charge is -2.42. The first-order valence-corrected chi connectivity index (χ1v) is 12.0. The van der Waals surface area contributed by atoms with Gasteiger partial charge in [0.2, 0.25) is 0 Å². The Balaban J connectivity index is 2.26. The van der Waals surface area contributed by atoms with Crippen molar-refractivity contribution in [1.29, 1.82) is 0 Å². The summed E-state index contributed by atoms with van der Waals surface area (Å²) in [5.74, 6) is 0.365. The quantitative estimate of drug-likeness (QED) is 0.733. The van der Waals surface area contributed by atoms with Gasteiger partial charge in [0.1, 0.15) is 0 Å². The molecule has 1 saturated heterocycles. The van der Waals surface area contributed by atoms with Gasteiger partial charge in [0.25, 0.3) is 0 Å². The number of sulfone groups is 1. The Bertz CT molecular complexity index is 446. The lowest BCUT2D eigenvalue weighted by Crippen LogP contribution is -2.51. The predicted octanol–water partition coefficient (Wildman–Crippen LogP) is 3.51. The van der Waals surface area contributed by atoms with Gasteiger partial charge < -0.3 is 4.43 Å². The van der Waals surface area contributed by atoms with Crippen LogP contribution in [0.15, 0.2) is 0 Å². The second-order valence-corrected chi connectivity index (χ2v) is 15.0. The molecule has 19 heavy (non-hydrogen) atoms. The Morgan fingerprint density at radius 3 is 2.21 bits per heavy atom. The van der Waals surface area contributed by atoms with Gasteiger partial charge in [-0.3, -0.25) is 0 Å². The van der Waals surface area contributed by atoms with E-state index < -0.39 is 22.9 Å². The van der Waals surface area contributed by atoms with Crippen molar-refractivity contribution in [2.24, 2.45) is 0 Å². The molecule has 112 valence electrons. The first-order chi connectivity index (χ1) is 8.52. The second-order valence-electron chi connectivity index (χ2n) is 7.75. The summed E-state index contributed by atoms with van der Waals surface area (Å²) < 4.78 is 30.9. The molecule has 0 N–H and O–H groups in total. The van der Waals surface area contributed by atoms with E-state index in [0.717, 1.165) is 32.1 Å². The summed E-state index contributed by atoms with van der Waals surface area (Å²) in [6.45, 7) is 11.1. The van der Waals surface area contributed by atoms with Crippen molar-refractivity contribution in [3.05, 3.63) is 0 Å². The zero-order valence-corrected chi connectivity index (χ0v) is 14.8. The first-order valence-electron chi connectivity index (χ1n) is 7.42. The van der Waals surface area contributed by atoms with Crippen molar-refractivity contribution in [1.82, 2.24) is 0 Å². The van der Waals surface area contributed by atoms with Gasteiger partial charge in [0.05, 0.1) is 16.6 Å². The Kier molecular flexibility index (Phi) is 3.73. The molecule has 1 heterocycles. The second kappa shape index (κ2) is 4.57. The van der Waals surface area contributed by atoms with Crippen LogP contribution in [0.25, 0.3) is 0 Å². The highest BCUT2D eigenvalue weighted by atomic mass is 32.2. The molecule has 1 aliphatic carbocycles. The zero-order valence-electron chi connectivity index (χ0n) is 13.0. The fraction of sp³-hybridized carbons (Fsp3) is 1.00. The van der Waals surface area contributed by atoms with Crippen LogP contribution in [0.1, 0.15) is 52.9 Å². The van der Waals surface area contributed by atoms with Crippen molar-refractivity contribution in [3.8, 4) is 0 Å². The van der Waals surface area contributed by atoms with Crippen molar-refractivity contribution < 1.29 is 12.8 Å². The molecule has 5 heteroatoms. The molecular weight excluding hydrogens is 276 g/mol. The highest BCUT2D eigenvalue weighted by Crippen LogP contribution is 2.49. The minimum Gasteiger partial charge on any atom is -0.412 e. The largest absolute Gasteiger partial charge is 0.412 e. The smallest absolute Gasteiger partial charge is 0.192 e. The van der Waals surface area contributed by atoms with Crippen LogP contribution in [-0.4, -0.2) is 33.3 Å². The zero-order chi connectivity index (χ0) is 14.5. The molecule has 1 aliphatic heterocycles. The Labute approximate surface area is 119 Å². The van der Waals surface area contributed by atoms with Gasteiger partial charge in [0.15, 0.2) is 18.2 Å². The normalized spacial score (nSPS) is 35.1. The molecule has 1 spiro atoms. The maximum atomic E-state index is 12.5. The van der Waals surface area contributed by atoms with E-state index in [-0.39, 0.29) is 11.1 Å². The molecular formula is C14H28O3SSi. The monoisotopic (exact) mass is 304 g/mol. The number of rotatable bonds is 2. The fourth-order valence-corrected chi connectivity index (χ4v) is 7.17. The molecule has 0 aromatic rings. The fourth-order valence-electron chi connectivity index (χ4n) is 3.27. The minimum absolute atomic E-state index is 0.0547. The third-order valence-corrected chi connectivity index (χ3v) is 12.8. The molecule has 2 aliphatic rings. The molecule has 2 rings (SSSR count). The SMILES string of the molecule is CC(C)(C)[Si](C)(C)O[C@@H]1CCC[C@]12CCCS2(=O)=O. The maximum Gasteiger partial charge on any atom is 0.192 e. The summed E-state index contributed by atoms with van der Waals surface area (Å²) in [6, 6.07) is 0. The van der Waals surface area contributed by atoms with Gasteiger partial charge in [-0.2, -0.15) is 0 Å². The van der Waals surface area contributed by atoms with Crippen molar-refractivity contribution in [3.63, 3.8) is 0 Å². The molecule has 3 nitrogen and oxygen atoms in total. The van der Waals surface area contributed by atoms with Crippen LogP contribution >= 0.6 is 0 Å². The standard InChI is InChI=1S/C14H28O3SSi/c1-13(2,3)19(4,5)17-12-8-6-9-14(12)10-7-11-18(14,15)16/h12H,6-11H2,1-5H3/t12-,14+/m1/s1. The van der Waals surface area contributed by atoms with Crippen molar-refractivity contribution in [2.45, 2.75) is 81.9 Å². The highest BCUT2D eigenvalue weighted by Gasteiger charge is 2.57. The average molecular weight is 305 g/mol. The predicted molar refractivity (Wildman–Crippen MR) is 81.7 cm³/mol. The molecule has 1 saturated carbocycles. The molecule has 0 amide bonds. The molecule has 0 aromatic carbocycles. The summed E-state index contributed by atoms with van der Waals surface area (Å²) in [4.78, 5) is 0. The van der Waals surface area contributed by atoms with Crippen LogP contribution in [0.4, 0.5) is 0 Å². The third-order valence-electron chi connectivity index (χ3n) is 5.53. The van der Waals surface area contributed by atoms with E-state index >= 15 is 0 Å². The van der Waals surface area contributed by atoms with Crippen LogP contribution in [0.3, 0.4) is 0 Å². The number of hydrogen-bond donors (Lipinski definition) is 0. The van der Waals surface area contributed by atoms with E-state index in [0.29, 0.717) is 5.75 Å². The number of hydrogen-bond acceptors (Lipinski definition) is 3. The average Bonchev–Trinajstić information content (AvgIpc) is 2.72. The topological polar surface area (TPSA) is 43.4 Å². The first kappa shape index (κ1) is 15.5. The van der Waals surface area contributed by atoms with E-state index in [9.17, 15) is 8.42 Å². The van der Waals surface area contributed by atoms with E-state index in [1.807, 2.05) is 0 Å². The third kappa shape index (κ3) is 2.42. The van der Waals surface area contributed by atoms with Gasteiger partial charge in [-0.25, -0.2) is 8.42 Å². The minimum atomic E-state index is -2.96. The maximum absolute atomic E-state index is 12.5. The highest BCUT2D eigenvalue weighted by molar-refractivity contribution is 7.93. The molecule has 0 unspecified atom stereocenters. The summed E-state index contributed by atoms with van der Waals surface area (Å²) in [5, 5.41) is 0.138. The van der Waals surface area contributed by atoms with Crippen LogP contribution < -0.4 is 0 Å². The summed E-state index contributed by atoms with van der Waals surface area (Å²) in [7, 11) is -4.85. The molecule has 2 atom stereocenters. The molecule has 0 radical (unpaired) electrons. The summed E-state index contributed by atoms with van der Waals surface area (Å²) >= 11 is 0. The Morgan fingerprint density at radius 1 is 1.16 bits per heavy atom. The van der Waals surface area contributed by atoms with Crippen LogP contribution in [0.2, 0.25) is 18.1 Å². The lowest BCUT2D eigenvalue weighted by molar-refractivity contribution is 0.151. The van der Waals surface area contributed by atoms with E-state index in [1.54, 1.807) is 0 Å². The van der Waals surface area contributed by atoms with Crippen LogP contribution in [0.5, 0.6) is 0 Å². The van der Waals surface area contributed by atoms with Gasteiger partial charge in [-0.1, -0.05) is 20.8 Å².